The van der Waals surface area contributed by atoms with Gasteiger partial charge in [0.2, 0.25) is 0 Å². The van der Waals surface area contributed by atoms with Crippen molar-refractivity contribution in [2.45, 2.75) is 5.75 Å². The number of hydrogen-bond donors (Lipinski definition) is 1. The summed E-state index contributed by atoms with van der Waals surface area (Å²) in [5, 5.41) is 4.86. The summed E-state index contributed by atoms with van der Waals surface area (Å²) >= 11 is 7.22. The molecule has 2 aromatic carbocycles. The zero-order chi connectivity index (χ0) is 21.3. The maximum Gasteiger partial charge on any atom is 0.280 e. The molecule has 0 fully saturated rings. The highest BCUT2D eigenvalue weighted by molar-refractivity contribution is 7.71. The van der Waals surface area contributed by atoms with E-state index in [9.17, 15) is 17.6 Å². The van der Waals surface area contributed by atoms with Crippen molar-refractivity contribution in [3.05, 3.63) is 92.9 Å². The van der Waals surface area contributed by atoms with Crippen LogP contribution < -0.4 is 5.56 Å². The molecule has 0 atom stereocenters. The van der Waals surface area contributed by atoms with E-state index < -0.39 is 16.5 Å². The van der Waals surface area contributed by atoms with Gasteiger partial charge in [0.1, 0.15) is 21.5 Å². The quantitative estimate of drug-likeness (QED) is 0.444. The van der Waals surface area contributed by atoms with Crippen LogP contribution in [0.3, 0.4) is 0 Å². The third kappa shape index (κ3) is 4.21. The fourth-order valence-electron chi connectivity index (χ4n) is 3.08. The summed E-state index contributed by atoms with van der Waals surface area (Å²) in [5.74, 6) is -0.463. The fraction of sp³-hybridized carbons (Fsp3) is 0.0476. The molecule has 4 aromatic rings. The van der Waals surface area contributed by atoms with Gasteiger partial charge in [-0.15, -0.1) is 11.3 Å². The molecule has 0 saturated heterocycles. The first-order valence-electron chi connectivity index (χ1n) is 8.77. The zero-order valence-corrected chi connectivity index (χ0v) is 17.8. The Hall–Kier alpha value is -2.81. The third-order valence-corrected chi connectivity index (χ3v) is 6.29. The second-order valence-corrected chi connectivity index (χ2v) is 9.10. The molecule has 0 aliphatic rings. The SMILES string of the molecule is O=c1c(-c2ccc(F)cc2)c(-c2ccc(C[SH](=O)=O)cc2)cnn1-c1ccc(Cl)s1. The van der Waals surface area contributed by atoms with Crippen LogP contribution in [0.15, 0.2) is 71.7 Å². The van der Waals surface area contributed by atoms with Crippen LogP contribution in [-0.2, 0) is 16.5 Å². The standard InChI is InChI=1S/C21H14ClFN2O3S2/c22-18-9-10-19(29-18)25-21(26)20(15-5-7-16(23)8-6-15)17(11-24-25)14-3-1-13(2-4-14)12-30(27)28/h1-11,30H,12H2. The van der Waals surface area contributed by atoms with E-state index in [1.807, 2.05) is 0 Å². The number of hydrogen-bond acceptors (Lipinski definition) is 5. The summed E-state index contributed by atoms with van der Waals surface area (Å²) in [4.78, 5) is 13.4. The fourth-order valence-corrected chi connectivity index (χ4v) is 4.58. The van der Waals surface area contributed by atoms with Gasteiger partial charge in [-0.2, -0.15) is 9.78 Å². The van der Waals surface area contributed by atoms with Gasteiger partial charge in [-0.05, 0) is 41.0 Å². The first-order valence-corrected chi connectivity index (χ1v) is 11.3. The number of nitrogens with zero attached hydrogens (tertiary/aromatic N) is 2. The van der Waals surface area contributed by atoms with Crippen LogP contribution in [0.4, 0.5) is 4.39 Å². The van der Waals surface area contributed by atoms with Crippen molar-refractivity contribution in [2.75, 3.05) is 0 Å². The van der Waals surface area contributed by atoms with E-state index in [0.29, 0.717) is 37.2 Å². The summed E-state index contributed by atoms with van der Waals surface area (Å²) in [5.41, 5.74) is 2.43. The van der Waals surface area contributed by atoms with E-state index in [0.717, 1.165) is 0 Å². The average Bonchev–Trinajstić information content (AvgIpc) is 3.15. The Morgan fingerprint density at radius 3 is 2.23 bits per heavy atom. The van der Waals surface area contributed by atoms with Gasteiger partial charge in [-0.1, -0.05) is 48.0 Å². The molecule has 5 nitrogen and oxygen atoms in total. The minimum Gasteiger partial charge on any atom is -0.267 e. The molecule has 0 spiro atoms. The second-order valence-electron chi connectivity index (χ2n) is 6.42. The van der Waals surface area contributed by atoms with Crippen molar-refractivity contribution in [1.82, 2.24) is 9.78 Å². The van der Waals surface area contributed by atoms with Crippen molar-refractivity contribution in [1.29, 1.82) is 0 Å². The Kier molecular flexibility index (Phi) is 5.80. The summed E-state index contributed by atoms with van der Waals surface area (Å²) in [6.45, 7) is 0. The van der Waals surface area contributed by atoms with Crippen LogP contribution >= 0.6 is 22.9 Å². The highest BCUT2D eigenvalue weighted by atomic mass is 35.5. The van der Waals surface area contributed by atoms with Crippen LogP contribution in [0.1, 0.15) is 5.56 Å². The van der Waals surface area contributed by atoms with Crippen molar-refractivity contribution < 1.29 is 12.8 Å². The summed E-state index contributed by atoms with van der Waals surface area (Å²) < 4.78 is 37.2. The van der Waals surface area contributed by atoms with Crippen LogP contribution in [-0.4, -0.2) is 18.2 Å². The van der Waals surface area contributed by atoms with E-state index in [4.69, 9.17) is 11.6 Å². The maximum atomic E-state index is 13.5. The van der Waals surface area contributed by atoms with E-state index in [1.165, 1.54) is 40.3 Å². The first kappa shape index (κ1) is 20.5. The number of thiophene rings is 1. The first-order chi connectivity index (χ1) is 14.4. The normalized spacial score (nSPS) is 11.2. The summed E-state index contributed by atoms with van der Waals surface area (Å²) in [6, 6.07) is 15.9. The highest BCUT2D eigenvalue weighted by Crippen LogP contribution is 2.31. The topological polar surface area (TPSA) is 69.0 Å². The molecule has 152 valence electrons. The molecule has 0 radical (unpaired) electrons. The van der Waals surface area contributed by atoms with Crippen molar-refractivity contribution in [3.8, 4) is 27.3 Å². The number of aromatic nitrogens is 2. The molecule has 0 aliphatic heterocycles. The number of benzene rings is 2. The Bertz CT molecular complexity index is 1340. The van der Waals surface area contributed by atoms with Crippen molar-refractivity contribution in [2.24, 2.45) is 0 Å². The molecule has 2 heterocycles. The molecule has 0 bridgehead atoms. The second kappa shape index (κ2) is 8.51. The smallest absolute Gasteiger partial charge is 0.267 e. The van der Waals surface area contributed by atoms with Crippen LogP contribution in [0.2, 0.25) is 4.34 Å². The van der Waals surface area contributed by atoms with Gasteiger partial charge in [0, 0.05) is 5.56 Å². The number of rotatable bonds is 5. The zero-order valence-electron chi connectivity index (χ0n) is 15.3. The number of halogens is 2. The minimum atomic E-state index is -2.53. The van der Waals surface area contributed by atoms with Gasteiger partial charge in [-0.3, -0.25) is 4.79 Å². The third-order valence-electron chi connectivity index (χ3n) is 4.46. The molecule has 30 heavy (non-hydrogen) atoms. The van der Waals surface area contributed by atoms with Crippen LogP contribution in [0.5, 0.6) is 0 Å². The maximum absolute atomic E-state index is 13.5. The van der Waals surface area contributed by atoms with Crippen molar-refractivity contribution >= 4 is 33.6 Å². The van der Waals surface area contributed by atoms with E-state index in [1.54, 1.807) is 42.6 Å². The van der Waals surface area contributed by atoms with E-state index in [-0.39, 0.29) is 11.3 Å². The number of thiol groups is 1. The molecule has 4 rings (SSSR count). The lowest BCUT2D eigenvalue weighted by Gasteiger charge is -2.12. The van der Waals surface area contributed by atoms with E-state index in [2.05, 4.69) is 5.10 Å². The van der Waals surface area contributed by atoms with Crippen LogP contribution in [0.25, 0.3) is 27.3 Å². The van der Waals surface area contributed by atoms with Gasteiger partial charge in [0.15, 0.2) is 0 Å². The Labute approximate surface area is 182 Å². The molecule has 0 saturated carbocycles. The monoisotopic (exact) mass is 460 g/mol. The Balaban J connectivity index is 1.91. The van der Waals surface area contributed by atoms with Gasteiger partial charge < -0.3 is 0 Å². The summed E-state index contributed by atoms with van der Waals surface area (Å²) in [7, 11) is -2.53. The predicted molar refractivity (Wildman–Crippen MR) is 118 cm³/mol. The molecule has 9 heteroatoms. The lowest BCUT2D eigenvalue weighted by Crippen LogP contribution is -2.22. The highest BCUT2D eigenvalue weighted by Gasteiger charge is 2.17. The largest absolute Gasteiger partial charge is 0.280 e. The van der Waals surface area contributed by atoms with Gasteiger partial charge in [0.25, 0.3) is 5.56 Å². The lowest BCUT2D eigenvalue weighted by atomic mass is 9.97. The lowest BCUT2D eigenvalue weighted by molar-refractivity contribution is 0.614. The van der Waals surface area contributed by atoms with E-state index >= 15 is 0 Å². The average molecular weight is 461 g/mol. The molecular formula is C21H14ClFN2O3S2. The molecule has 2 aromatic heterocycles. The minimum absolute atomic E-state index is 0.0561. The summed E-state index contributed by atoms with van der Waals surface area (Å²) in [6.07, 6.45) is 1.57. The van der Waals surface area contributed by atoms with Crippen LogP contribution in [0, 0.1) is 5.82 Å². The molecule has 0 unspecified atom stereocenters. The molecular weight excluding hydrogens is 447 g/mol. The Morgan fingerprint density at radius 1 is 0.967 bits per heavy atom. The predicted octanol–water partition coefficient (Wildman–Crippen LogP) is 4.53. The van der Waals surface area contributed by atoms with Gasteiger partial charge in [0.05, 0.1) is 21.8 Å². The molecule has 0 aliphatic carbocycles. The molecule has 0 amide bonds. The van der Waals surface area contributed by atoms with Crippen molar-refractivity contribution in [3.63, 3.8) is 0 Å². The Morgan fingerprint density at radius 2 is 1.63 bits per heavy atom. The molecule has 0 N–H and O–H groups in total. The van der Waals surface area contributed by atoms with Gasteiger partial charge in [-0.25, -0.2) is 12.8 Å². The van der Waals surface area contributed by atoms with Gasteiger partial charge >= 0.3 is 0 Å².